The van der Waals surface area contributed by atoms with E-state index in [1.807, 2.05) is 0 Å². The minimum atomic E-state index is -0.647. The van der Waals surface area contributed by atoms with Gasteiger partial charge in [0.25, 0.3) is 0 Å². The van der Waals surface area contributed by atoms with Gasteiger partial charge in [-0.2, -0.15) is 0 Å². The fourth-order valence-corrected chi connectivity index (χ4v) is 3.11. The number of hydrogen-bond acceptors (Lipinski definition) is 3. The molecule has 1 unspecified atom stereocenters. The van der Waals surface area contributed by atoms with E-state index in [1.54, 1.807) is 31.4 Å². The molecule has 0 fully saturated rings. The van der Waals surface area contributed by atoms with E-state index in [9.17, 15) is 9.50 Å². The molecule has 0 radical (unpaired) electrons. The van der Waals surface area contributed by atoms with Gasteiger partial charge >= 0.3 is 0 Å². The van der Waals surface area contributed by atoms with E-state index in [4.69, 9.17) is 9.47 Å². The molecule has 5 heteroatoms. The van der Waals surface area contributed by atoms with Crippen LogP contribution in [0, 0.1) is 5.82 Å². The van der Waals surface area contributed by atoms with Crippen LogP contribution in [0.25, 0.3) is 0 Å². The summed E-state index contributed by atoms with van der Waals surface area (Å²) < 4.78 is 24.9. The first-order valence-electron chi connectivity index (χ1n) is 6.56. The van der Waals surface area contributed by atoms with Gasteiger partial charge in [-0.3, -0.25) is 0 Å². The highest BCUT2D eigenvalue weighted by molar-refractivity contribution is 9.10. The van der Waals surface area contributed by atoms with E-state index < -0.39 is 6.10 Å². The average molecular weight is 353 g/mol. The molecule has 21 heavy (non-hydrogen) atoms. The van der Waals surface area contributed by atoms with Gasteiger partial charge in [0.15, 0.2) is 0 Å². The van der Waals surface area contributed by atoms with E-state index in [1.165, 1.54) is 12.1 Å². The van der Waals surface area contributed by atoms with Gasteiger partial charge in [0.1, 0.15) is 23.4 Å². The van der Waals surface area contributed by atoms with Crippen LogP contribution in [0.2, 0.25) is 0 Å². The molecule has 2 atom stereocenters. The van der Waals surface area contributed by atoms with Crippen molar-refractivity contribution in [3.63, 3.8) is 0 Å². The molecule has 2 aromatic rings. The van der Waals surface area contributed by atoms with Crippen LogP contribution in [0.4, 0.5) is 4.39 Å². The third-order valence-electron chi connectivity index (χ3n) is 3.59. The van der Waals surface area contributed by atoms with Gasteiger partial charge in [-0.05, 0) is 30.3 Å². The lowest BCUT2D eigenvalue weighted by Crippen LogP contribution is -2.19. The second-order valence-corrected chi connectivity index (χ2v) is 5.78. The van der Waals surface area contributed by atoms with Crippen molar-refractivity contribution < 1.29 is 19.0 Å². The molecule has 0 amide bonds. The first-order chi connectivity index (χ1) is 10.1. The van der Waals surface area contributed by atoms with Crippen molar-refractivity contribution in [3.05, 3.63) is 57.8 Å². The lowest BCUT2D eigenvalue weighted by molar-refractivity contribution is 0.0651. The van der Waals surface area contributed by atoms with Crippen LogP contribution in [-0.2, 0) is 0 Å². The fraction of sp³-hybridized carbons (Fsp3) is 0.250. The molecule has 0 bridgehead atoms. The van der Waals surface area contributed by atoms with Gasteiger partial charge in [-0.15, -0.1) is 0 Å². The van der Waals surface area contributed by atoms with Crippen molar-refractivity contribution >= 4 is 15.9 Å². The molecule has 0 saturated carbocycles. The highest BCUT2D eigenvalue weighted by Crippen LogP contribution is 2.43. The Bertz CT molecular complexity index is 675. The molecule has 1 N–H and O–H groups in total. The summed E-state index contributed by atoms with van der Waals surface area (Å²) in [4.78, 5) is 0. The summed E-state index contributed by atoms with van der Waals surface area (Å²) in [5.74, 6) is 0.987. The van der Waals surface area contributed by atoms with Crippen molar-refractivity contribution in [2.45, 2.75) is 18.6 Å². The monoisotopic (exact) mass is 352 g/mol. The summed E-state index contributed by atoms with van der Waals surface area (Å²) >= 11 is 3.34. The van der Waals surface area contributed by atoms with E-state index in [-0.39, 0.29) is 11.9 Å². The predicted octanol–water partition coefficient (Wildman–Crippen LogP) is 4.15. The van der Waals surface area contributed by atoms with Crippen molar-refractivity contribution in [3.8, 4) is 11.5 Å². The quantitative estimate of drug-likeness (QED) is 0.882. The van der Waals surface area contributed by atoms with Crippen LogP contribution in [0.15, 0.2) is 40.9 Å². The number of hydrogen-bond donors (Lipinski definition) is 1. The maximum Gasteiger partial charge on any atom is 0.128 e. The van der Waals surface area contributed by atoms with E-state index in [0.717, 1.165) is 5.56 Å². The summed E-state index contributed by atoms with van der Waals surface area (Å²) in [5, 5.41) is 10.3. The largest absolute Gasteiger partial charge is 0.497 e. The Morgan fingerprint density at radius 3 is 2.76 bits per heavy atom. The number of rotatable bonds is 2. The zero-order valence-corrected chi connectivity index (χ0v) is 12.9. The number of ether oxygens (including phenoxy) is 2. The Morgan fingerprint density at radius 1 is 1.24 bits per heavy atom. The van der Waals surface area contributed by atoms with Crippen molar-refractivity contribution in [2.24, 2.45) is 0 Å². The number of methoxy groups -OCH3 is 1. The molecule has 1 heterocycles. The lowest BCUT2D eigenvalue weighted by Gasteiger charge is -2.30. The molecular formula is C16H14BrFO3. The molecule has 0 aromatic heterocycles. The van der Waals surface area contributed by atoms with Crippen LogP contribution in [0.1, 0.15) is 29.8 Å². The molecule has 3 rings (SSSR count). The number of benzene rings is 2. The molecule has 1 aliphatic heterocycles. The van der Waals surface area contributed by atoms with Gasteiger partial charge < -0.3 is 14.6 Å². The minimum absolute atomic E-state index is 0.313. The molecule has 0 spiro atoms. The minimum Gasteiger partial charge on any atom is -0.497 e. The Hall–Kier alpha value is -1.59. The van der Waals surface area contributed by atoms with Crippen LogP contribution in [0.5, 0.6) is 11.5 Å². The van der Waals surface area contributed by atoms with E-state index >= 15 is 0 Å². The standard InChI is InChI=1S/C16H14BrFO3/c1-20-10-3-5-15-12(7-10)14(19)8-16(21-15)11-4-2-9(18)6-13(11)17/h2-7,14,16,19H,8H2,1H3/t14-,16?/m0/s1. The molecule has 2 aromatic carbocycles. The lowest BCUT2D eigenvalue weighted by atomic mass is 9.95. The third kappa shape index (κ3) is 2.76. The maximum absolute atomic E-state index is 13.2. The number of aliphatic hydroxyl groups is 1. The molecule has 110 valence electrons. The van der Waals surface area contributed by atoms with Crippen molar-refractivity contribution in [2.75, 3.05) is 7.11 Å². The van der Waals surface area contributed by atoms with Crippen molar-refractivity contribution in [1.82, 2.24) is 0 Å². The zero-order chi connectivity index (χ0) is 15.0. The summed E-state index contributed by atoms with van der Waals surface area (Å²) in [7, 11) is 1.58. The molecule has 3 nitrogen and oxygen atoms in total. The van der Waals surface area contributed by atoms with Gasteiger partial charge in [0.2, 0.25) is 0 Å². The predicted molar refractivity (Wildman–Crippen MR) is 80.0 cm³/mol. The zero-order valence-electron chi connectivity index (χ0n) is 11.3. The molecule has 0 saturated heterocycles. The highest BCUT2D eigenvalue weighted by Gasteiger charge is 2.29. The van der Waals surface area contributed by atoms with Crippen LogP contribution in [-0.4, -0.2) is 12.2 Å². The third-order valence-corrected chi connectivity index (χ3v) is 4.28. The van der Waals surface area contributed by atoms with E-state index in [2.05, 4.69) is 15.9 Å². The summed E-state index contributed by atoms with van der Waals surface area (Å²) in [6, 6.07) is 9.80. The Morgan fingerprint density at radius 2 is 2.05 bits per heavy atom. The number of aliphatic hydroxyl groups excluding tert-OH is 1. The summed E-state index contributed by atoms with van der Waals surface area (Å²) in [5.41, 5.74) is 1.53. The second kappa shape index (κ2) is 5.66. The summed E-state index contributed by atoms with van der Waals surface area (Å²) in [6.07, 6.45) is -0.564. The average Bonchev–Trinajstić information content (AvgIpc) is 2.47. The first kappa shape index (κ1) is 14.4. The van der Waals surface area contributed by atoms with Crippen LogP contribution in [0.3, 0.4) is 0 Å². The number of fused-ring (bicyclic) bond motifs is 1. The topological polar surface area (TPSA) is 38.7 Å². The Balaban J connectivity index is 1.94. The number of halogens is 2. The SMILES string of the molecule is COc1ccc2c(c1)[C@@H](O)CC(c1ccc(F)cc1Br)O2. The summed E-state index contributed by atoms with van der Waals surface area (Å²) in [6.45, 7) is 0. The maximum atomic E-state index is 13.2. The van der Waals surface area contributed by atoms with Crippen LogP contribution >= 0.6 is 15.9 Å². The normalized spacial score (nSPS) is 20.6. The van der Waals surface area contributed by atoms with Gasteiger partial charge in [-0.25, -0.2) is 4.39 Å². The highest BCUT2D eigenvalue weighted by atomic mass is 79.9. The Labute approximate surface area is 130 Å². The molecular weight excluding hydrogens is 339 g/mol. The molecule has 0 aliphatic carbocycles. The Kier molecular flexibility index (Phi) is 3.87. The fourth-order valence-electron chi connectivity index (χ4n) is 2.51. The van der Waals surface area contributed by atoms with Gasteiger partial charge in [0.05, 0.1) is 13.2 Å². The van der Waals surface area contributed by atoms with Crippen molar-refractivity contribution in [1.29, 1.82) is 0 Å². The first-order valence-corrected chi connectivity index (χ1v) is 7.35. The second-order valence-electron chi connectivity index (χ2n) is 4.93. The van der Waals surface area contributed by atoms with E-state index in [0.29, 0.717) is 28.0 Å². The van der Waals surface area contributed by atoms with Gasteiger partial charge in [0, 0.05) is 22.0 Å². The van der Waals surface area contributed by atoms with Crippen LogP contribution < -0.4 is 9.47 Å². The molecule has 1 aliphatic rings. The van der Waals surface area contributed by atoms with Gasteiger partial charge in [-0.1, -0.05) is 22.0 Å². The smallest absolute Gasteiger partial charge is 0.128 e.